The van der Waals surface area contributed by atoms with Crippen molar-refractivity contribution in [2.75, 3.05) is 19.6 Å². The molecule has 2 aromatic carbocycles. The first kappa shape index (κ1) is 28.3. The number of benzene rings is 2. The molecule has 0 radical (unpaired) electrons. The highest BCUT2D eigenvalue weighted by molar-refractivity contribution is 5.73. The van der Waals surface area contributed by atoms with E-state index < -0.39 is 12.0 Å². The third-order valence-electron chi connectivity index (χ3n) is 8.73. The molecule has 2 N–H and O–H groups in total. The van der Waals surface area contributed by atoms with E-state index in [4.69, 9.17) is 5.26 Å². The Labute approximate surface area is 229 Å². The van der Waals surface area contributed by atoms with Crippen molar-refractivity contribution in [1.82, 2.24) is 10.2 Å². The predicted octanol–water partition coefficient (Wildman–Crippen LogP) is 6.24. The third-order valence-corrected chi connectivity index (χ3v) is 8.73. The van der Waals surface area contributed by atoms with Gasteiger partial charge < -0.3 is 15.3 Å². The van der Waals surface area contributed by atoms with Crippen LogP contribution in [0.15, 0.2) is 54.6 Å². The summed E-state index contributed by atoms with van der Waals surface area (Å²) >= 11 is 0. The molecule has 2 aliphatic rings. The van der Waals surface area contributed by atoms with Crippen molar-refractivity contribution in [3.8, 4) is 6.07 Å². The molecule has 1 saturated heterocycles. The number of aliphatic carboxylic acids is 1. The number of hydrogen-bond donors (Lipinski definition) is 2. The molecular formula is C33H45N3O2. The topological polar surface area (TPSA) is 76.4 Å². The number of rotatable bonds is 12. The van der Waals surface area contributed by atoms with Gasteiger partial charge in [0.15, 0.2) is 0 Å². The summed E-state index contributed by atoms with van der Waals surface area (Å²) in [4.78, 5) is 14.6. The zero-order valence-electron chi connectivity index (χ0n) is 23.2. The summed E-state index contributed by atoms with van der Waals surface area (Å²) in [6.45, 7) is 7.64. The molecule has 2 aromatic rings. The van der Waals surface area contributed by atoms with E-state index in [-0.39, 0.29) is 6.04 Å². The fourth-order valence-corrected chi connectivity index (χ4v) is 6.70. The minimum Gasteiger partial charge on any atom is -0.480 e. The van der Waals surface area contributed by atoms with Gasteiger partial charge in [0.2, 0.25) is 0 Å². The monoisotopic (exact) mass is 515 g/mol. The van der Waals surface area contributed by atoms with E-state index in [1.807, 2.05) is 12.1 Å². The summed E-state index contributed by atoms with van der Waals surface area (Å²) in [6, 6.07) is 20.9. The SMILES string of the molecule is CC(C)CC(NC1C[C@H](CN2CCC(CCCc3ccc(C#N)cc3)CC2)[C@@H](c2ccccc2)C1)C(=O)O. The third kappa shape index (κ3) is 8.16. The molecule has 0 spiro atoms. The number of piperidine rings is 1. The van der Waals surface area contributed by atoms with Crippen molar-refractivity contribution in [2.45, 2.75) is 83.2 Å². The molecule has 0 bridgehead atoms. The number of nitrogens with zero attached hydrogens (tertiary/aromatic N) is 2. The van der Waals surface area contributed by atoms with Gasteiger partial charge in [-0.05, 0) is 105 Å². The number of carboxylic acid groups (broad SMARTS) is 1. The van der Waals surface area contributed by atoms with Crippen LogP contribution in [0.1, 0.15) is 81.4 Å². The molecule has 5 heteroatoms. The number of hydrogen-bond acceptors (Lipinski definition) is 4. The number of nitrogens with one attached hydrogen (secondary N) is 1. The lowest BCUT2D eigenvalue weighted by Gasteiger charge is -2.35. The molecule has 2 fully saturated rings. The molecule has 4 rings (SSSR count). The zero-order valence-corrected chi connectivity index (χ0v) is 23.2. The van der Waals surface area contributed by atoms with Gasteiger partial charge in [-0.1, -0.05) is 62.7 Å². The molecule has 38 heavy (non-hydrogen) atoms. The highest BCUT2D eigenvalue weighted by Crippen LogP contribution is 2.41. The van der Waals surface area contributed by atoms with Crippen LogP contribution in [0.4, 0.5) is 0 Å². The lowest BCUT2D eigenvalue weighted by Crippen LogP contribution is -2.43. The van der Waals surface area contributed by atoms with Crippen LogP contribution in [0, 0.1) is 29.1 Å². The molecule has 4 atom stereocenters. The molecule has 1 aliphatic carbocycles. The molecular weight excluding hydrogens is 470 g/mol. The van der Waals surface area contributed by atoms with Gasteiger partial charge in [-0.3, -0.25) is 4.79 Å². The Hall–Kier alpha value is -2.68. The van der Waals surface area contributed by atoms with Gasteiger partial charge in [-0.15, -0.1) is 0 Å². The summed E-state index contributed by atoms with van der Waals surface area (Å²) in [6.07, 6.45) is 8.86. The Morgan fingerprint density at radius 2 is 1.79 bits per heavy atom. The molecule has 2 unspecified atom stereocenters. The van der Waals surface area contributed by atoms with Crippen LogP contribution >= 0.6 is 0 Å². The number of nitriles is 1. The first-order valence-corrected chi connectivity index (χ1v) is 14.7. The normalized spacial score (nSPS) is 23.4. The fourth-order valence-electron chi connectivity index (χ4n) is 6.70. The lowest BCUT2D eigenvalue weighted by atomic mass is 9.87. The van der Waals surface area contributed by atoms with E-state index in [0.717, 1.165) is 37.3 Å². The highest BCUT2D eigenvalue weighted by Gasteiger charge is 2.38. The van der Waals surface area contributed by atoms with Crippen LogP contribution in [-0.2, 0) is 11.2 Å². The minimum atomic E-state index is -0.723. The van der Waals surface area contributed by atoms with Crippen molar-refractivity contribution in [3.05, 3.63) is 71.3 Å². The van der Waals surface area contributed by atoms with E-state index in [1.165, 1.54) is 49.9 Å². The first-order chi connectivity index (χ1) is 18.4. The van der Waals surface area contributed by atoms with Gasteiger partial charge in [-0.25, -0.2) is 0 Å². The predicted molar refractivity (Wildman–Crippen MR) is 153 cm³/mol. The van der Waals surface area contributed by atoms with Crippen molar-refractivity contribution >= 4 is 5.97 Å². The van der Waals surface area contributed by atoms with Crippen LogP contribution < -0.4 is 5.32 Å². The summed E-state index contributed by atoms with van der Waals surface area (Å²) < 4.78 is 0. The van der Waals surface area contributed by atoms with Crippen molar-refractivity contribution < 1.29 is 9.90 Å². The summed E-state index contributed by atoms with van der Waals surface area (Å²) in [5.74, 6) is 1.47. The van der Waals surface area contributed by atoms with Gasteiger partial charge >= 0.3 is 5.97 Å². The van der Waals surface area contributed by atoms with Crippen LogP contribution in [0.25, 0.3) is 0 Å². The zero-order chi connectivity index (χ0) is 26.9. The van der Waals surface area contributed by atoms with Gasteiger partial charge in [0.25, 0.3) is 0 Å². The average molecular weight is 516 g/mol. The Morgan fingerprint density at radius 3 is 2.42 bits per heavy atom. The average Bonchev–Trinajstić information content (AvgIpc) is 3.32. The van der Waals surface area contributed by atoms with Gasteiger partial charge in [-0.2, -0.15) is 5.26 Å². The van der Waals surface area contributed by atoms with Crippen LogP contribution in [-0.4, -0.2) is 47.7 Å². The quantitative estimate of drug-likeness (QED) is 0.350. The molecule has 1 saturated carbocycles. The Morgan fingerprint density at radius 1 is 1.08 bits per heavy atom. The fraction of sp³-hybridized carbons (Fsp3) is 0.576. The second kappa shape index (κ2) is 13.9. The van der Waals surface area contributed by atoms with Crippen molar-refractivity contribution in [2.24, 2.45) is 17.8 Å². The second-order valence-corrected chi connectivity index (χ2v) is 12.1. The van der Waals surface area contributed by atoms with Crippen LogP contribution in [0.5, 0.6) is 0 Å². The molecule has 1 aliphatic heterocycles. The van der Waals surface area contributed by atoms with Crippen molar-refractivity contribution in [3.63, 3.8) is 0 Å². The van der Waals surface area contributed by atoms with E-state index in [2.05, 4.69) is 72.6 Å². The van der Waals surface area contributed by atoms with E-state index in [0.29, 0.717) is 24.2 Å². The van der Waals surface area contributed by atoms with Gasteiger partial charge in [0.05, 0.1) is 11.6 Å². The minimum absolute atomic E-state index is 0.254. The first-order valence-electron chi connectivity index (χ1n) is 14.7. The van der Waals surface area contributed by atoms with Crippen LogP contribution in [0.3, 0.4) is 0 Å². The molecule has 0 aromatic heterocycles. The maximum absolute atomic E-state index is 11.9. The summed E-state index contributed by atoms with van der Waals surface area (Å²) in [5.41, 5.74) is 3.46. The number of aryl methyl sites for hydroxylation is 1. The standard InChI is InChI=1S/C33H45N3O2/c1-24(2)19-32(33(37)38)35-30-20-29(31(21-30)28-9-4-3-5-10-28)23-36-17-15-26(16-18-36)8-6-7-25-11-13-27(22-34)14-12-25/h3-5,9-14,24,26,29-32,35H,6-8,15-21,23H2,1-2H3,(H,37,38)/t29-,30?,31-,32?/m1/s1. The van der Waals surface area contributed by atoms with E-state index >= 15 is 0 Å². The maximum atomic E-state index is 11.9. The van der Waals surface area contributed by atoms with Gasteiger partial charge in [0, 0.05) is 12.6 Å². The number of carbonyl (C=O) groups is 1. The highest BCUT2D eigenvalue weighted by atomic mass is 16.4. The summed E-state index contributed by atoms with van der Waals surface area (Å²) in [5, 5.41) is 22.3. The van der Waals surface area contributed by atoms with Crippen molar-refractivity contribution in [1.29, 1.82) is 5.26 Å². The molecule has 5 nitrogen and oxygen atoms in total. The largest absolute Gasteiger partial charge is 0.480 e. The summed E-state index contributed by atoms with van der Waals surface area (Å²) in [7, 11) is 0. The molecule has 1 heterocycles. The Kier molecular flexibility index (Phi) is 10.4. The maximum Gasteiger partial charge on any atom is 0.320 e. The Balaban J connectivity index is 1.28. The second-order valence-electron chi connectivity index (χ2n) is 12.1. The Bertz CT molecular complexity index is 1040. The molecule has 0 amide bonds. The smallest absolute Gasteiger partial charge is 0.320 e. The number of carboxylic acids is 1. The molecule has 204 valence electrons. The van der Waals surface area contributed by atoms with E-state index in [9.17, 15) is 9.90 Å². The van der Waals surface area contributed by atoms with E-state index in [1.54, 1.807) is 0 Å². The van der Waals surface area contributed by atoms with Crippen LogP contribution in [0.2, 0.25) is 0 Å². The number of likely N-dealkylation sites (tertiary alicyclic amines) is 1. The lowest BCUT2D eigenvalue weighted by molar-refractivity contribution is -0.140. The van der Waals surface area contributed by atoms with Gasteiger partial charge in [0.1, 0.15) is 6.04 Å².